The zero-order valence-electron chi connectivity index (χ0n) is 12.5. The third-order valence-electron chi connectivity index (χ3n) is 5.01. The number of hydrogen-bond acceptors (Lipinski definition) is 3. The molecule has 2 unspecified atom stereocenters. The molecule has 23 heavy (non-hydrogen) atoms. The van der Waals surface area contributed by atoms with Gasteiger partial charge in [0.25, 0.3) is 0 Å². The Balaban J connectivity index is 1.65. The molecule has 2 N–H and O–H groups in total. The number of aromatic nitrogens is 2. The van der Waals surface area contributed by atoms with Gasteiger partial charge in [-0.05, 0) is 18.8 Å². The first-order valence-corrected chi connectivity index (χ1v) is 7.82. The molecule has 0 bridgehead atoms. The van der Waals surface area contributed by atoms with Crippen molar-refractivity contribution in [1.82, 2.24) is 9.55 Å². The van der Waals surface area contributed by atoms with Gasteiger partial charge in [0.15, 0.2) is 11.6 Å². The van der Waals surface area contributed by atoms with E-state index in [-0.39, 0.29) is 18.4 Å². The van der Waals surface area contributed by atoms with Crippen LogP contribution in [0, 0.1) is 11.8 Å². The van der Waals surface area contributed by atoms with E-state index in [0.717, 1.165) is 24.4 Å². The maximum Gasteiger partial charge on any atom is 0.173 e. The van der Waals surface area contributed by atoms with Crippen LogP contribution in [0.25, 0.3) is 0 Å². The van der Waals surface area contributed by atoms with Gasteiger partial charge in [-0.1, -0.05) is 0 Å². The molecule has 122 valence electrons. The minimum atomic E-state index is -1.12. The fourth-order valence-electron chi connectivity index (χ4n) is 3.80. The van der Waals surface area contributed by atoms with Crippen molar-refractivity contribution in [2.24, 2.45) is 22.6 Å². The van der Waals surface area contributed by atoms with Gasteiger partial charge in [-0.2, -0.15) is 0 Å². The van der Waals surface area contributed by atoms with Crippen LogP contribution in [0.5, 0.6) is 0 Å². The molecule has 7 heteroatoms. The van der Waals surface area contributed by atoms with Crippen LogP contribution in [0.2, 0.25) is 0 Å². The second-order valence-corrected chi connectivity index (χ2v) is 6.38. The zero-order valence-corrected chi connectivity index (χ0v) is 12.5. The average molecular weight is 322 g/mol. The third-order valence-corrected chi connectivity index (χ3v) is 5.01. The minimum absolute atomic E-state index is 0.273. The van der Waals surface area contributed by atoms with Crippen LogP contribution in [0.15, 0.2) is 28.5 Å². The van der Waals surface area contributed by atoms with Gasteiger partial charge in [0.2, 0.25) is 0 Å². The number of halogens is 3. The van der Waals surface area contributed by atoms with E-state index in [1.165, 1.54) is 0 Å². The standard InChI is InChI=1S/C16H17F3N4/c17-10-6-12(19)11(18)4-8(10)9-5-15-22-16-14(2-1-3-21-16)23(15)7-13(9)20/h3,6,8-9,13H,1-2,4-5,7,20H2/t8?,9-,13?/m1/s1. The molecule has 3 heterocycles. The molecule has 0 radical (unpaired) electrons. The highest BCUT2D eigenvalue weighted by Gasteiger charge is 2.39. The lowest BCUT2D eigenvalue weighted by Crippen LogP contribution is -2.45. The Kier molecular flexibility index (Phi) is 3.41. The van der Waals surface area contributed by atoms with Crippen LogP contribution in [0.4, 0.5) is 19.0 Å². The average Bonchev–Trinajstić information content (AvgIpc) is 2.88. The molecule has 4 rings (SSSR count). The molecular formula is C16H17F3N4. The summed E-state index contributed by atoms with van der Waals surface area (Å²) in [6.07, 6.45) is 4.39. The van der Waals surface area contributed by atoms with E-state index < -0.39 is 23.4 Å². The predicted molar refractivity (Wildman–Crippen MR) is 80.4 cm³/mol. The second kappa shape index (κ2) is 5.33. The maximum absolute atomic E-state index is 14.1. The van der Waals surface area contributed by atoms with E-state index >= 15 is 0 Å². The molecule has 3 atom stereocenters. The van der Waals surface area contributed by atoms with Crippen LogP contribution < -0.4 is 5.73 Å². The molecule has 2 aliphatic heterocycles. The van der Waals surface area contributed by atoms with Crippen molar-refractivity contribution < 1.29 is 13.2 Å². The number of aliphatic imine (C=N–C) groups is 1. The molecule has 1 aliphatic carbocycles. The summed E-state index contributed by atoms with van der Waals surface area (Å²) in [5.74, 6) is -2.16. The van der Waals surface area contributed by atoms with E-state index in [1.807, 2.05) is 6.21 Å². The summed E-state index contributed by atoms with van der Waals surface area (Å²) in [5.41, 5.74) is 7.31. The highest BCUT2D eigenvalue weighted by Crippen LogP contribution is 2.41. The smallest absolute Gasteiger partial charge is 0.173 e. The van der Waals surface area contributed by atoms with E-state index in [0.29, 0.717) is 24.9 Å². The van der Waals surface area contributed by atoms with Crippen molar-refractivity contribution in [3.05, 3.63) is 35.1 Å². The van der Waals surface area contributed by atoms with Gasteiger partial charge in [-0.15, -0.1) is 0 Å². The molecule has 0 saturated carbocycles. The summed E-state index contributed by atoms with van der Waals surface area (Å²) >= 11 is 0. The fourth-order valence-corrected chi connectivity index (χ4v) is 3.80. The molecule has 0 amide bonds. The highest BCUT2D eigenvalue weighted by molar-refractivity contribution is 5.66. The van der Waals surface area contributed by atoms with Gasteiger partial charge in [-0.3, -0.25) is 0 Å². The highest BCUT2D eigenvalue weighted by atomic mass is 19.2. The summed E-state index contributed by atoms with van der Waals surface area (Å²) in [7, 11) is 0. The maximum atomic E-state index is 14.1. The SMILES string of the molecule is NC1Cn2c(nc3c2CCC=N3)C[C@@H]1C1CC(F)=C(F)C=C1F. The molecule has 1 aromatic heterocycles. The van der Waals surface area contributed by atoms with Gasteiger partial charge in [0.1, 0.15) is 17.5 Å². The first kappa shape index (κ1) is 14.7. The minimum Gasteiger partial charge on any atom is -0.328 e. The summed E-state index contributed by atoms with van der Waals surface area (Å²) in [5, 5.41) is 0. The Bertz CT molecular complexity index is 747. The lowest BCUT2D eigenvalue weighted by molar-refractivity contribution is 0.214. The third kappa shape index (κ3) is 2.34. The summed E-state index contributed by atoms with van der Waals surface area (Å²) in [6.45, 7) is 0.509. The zero-order chi connectivity index (χ0) is 16.1. The molecule has 0 saturated heterocycles. The van der Waals surface area contributed by atoms with E-state index in [1.54, 1.807) is 0 Å². The monoisotopic (exact) mass is 322 g/mol. The summed E-state index contributed by atoms with van der Waals surface area (Å²) in [4.78, 5) is 8.81. The second-order valence-electron chi connectivity index (χ2n) is 6.38. The van der Waals surface area contributed by atoms with Crippen LogP contribution in [0.1, 0.15) is 24.4 Å². The number of nitrogens with two attached hydrogens (primary N) is 1. The molecule has 3 aliphatic rings. The van der Waals surface area contributed by atoms with Crippen molar-refractivity contribution in [3.8, 4) is 0 Å². The molecule has 0 aromatic carbocycles. The summed E-state index contributed by atoms with van der Waals surface area (Å²) in [6, 6.07) is -0.329. The van der Waals surface area contributed by atoms with E-state index in [4.69, 9.17) is 5.73 Å². The van der Waals surface area contributed by atoms with Crippen LogP contribution >= 0.6 is 0 Å². The fraction of sp³-hybridized carbons (Fsp3) is 0.500. The molecule has 1 aromatic rings. The van der Waals surface area contributed by atoms with Crippen molar-refractivity contribution in [2.75, 3.05) is 0 Å². The molecular weight excluding hydrogens is 305 g/mol. The first-order valence-electron chi connectivity index (χ1n) is 7.82. The number of hydrogen-bond donors (Lipinski definition) is 1. The van der Waals surface area contributed by atoms with Gasteiger partial charge in [-0.25, -0.2) is 23.1 Å². The van der Waals surface area contributed by atoms with E-state index in [9.17, 15) is 13.2 Å². The number of imidazole rings is 1. The van der Waals surface area contributed by atoms with Gasteiger partial charge < -0.3 is 10.3 Å². The van der Waals surface area contributed by atoms with Crippen LogP contribution in [-0.4, -0.2) is 21.8 Å². The van der Waals surface area contributed by atoms with Crippen molar-refractivity contribution in [1.29, 1.82) is 0 Å². The number of rotatable bonds is 1. The quantitative estimate of drug-likeness (QED) is 0.864. The first-order chi connectivity index (χ1) is 11.0. The van der Waals surface area contributed by atoms with Crippen molar-refractivity contribution in [3.63, 3.8) is 0 Å². The van der Waals surface area contributed by atoms with Gasteiger partial charge in [0, 0.05) is 43.6 Å². The number of nitrogens with zero attached hydrogens (tertiary/aromatic N) is 3. The van der Waals surface area contributed by atoms with Crippen molar-refractivity contribution >= 4 is 12.0 Å². The Morgan fingerprint density at radius 2 is 2.04 bits per heavy atom. The van der Waals surface area contributed by atoms with Gasteiger partial charge in [0.05, 0.1) is 5.69 Å². The number of fused-ring (bicyclic) bond motifs is 3. The van der Waals surface area contributed by atoms with Crippen LogP contribution in [0.3, 0.4) is 0 Å². The van der Waals surface area contributed by atoms with E-state index in [2.05, 4.69) is 14.5 Å². The lowest BCUT2D eigenvalue weighted by atomic mass is 9.77. The molecule has 0 spiro atoms. The molecule has 0 fully saturated rings. The topological polar surface area (TPSA) is 56.2 Å². The molecule has 4 nitrogen and oxygen atoms in total. The van der Waals surface area contributed by atoms with Crippen molar-refractivity contribution in [2.45, 2.75) is 38.3 Å². The van der Waals surface area contributed by atoms with Crippen LogP contribution in [-0.2, 0) is 19.4 Å². The van der Waals surface area contributed by atoms with Gasteiger partial charge >= 0.3 is 0 Å². The Morgan fingerprint density at radius 1 is 1.22 bits per heavy atom. The normalized spacial score (nSPS) is 30.1. The number of allylic oxidation sites excluding steroid dienone is 4. The lowest BCUT2D eigenvalue weighted by Gasteiger charge is -2.36. The summed E-state index contributed by atoms with van der Waals surface area (Å²) < 4.78 is 43.0. The Hall–Kier alpha value is -1.89. The predicted octanol–water partition coefficient (Wildman–Crippen LogP) is 3.06. The largest absolute Gasteiger partial charge is 0.328 e. The Morgan fingerprint density at radius 3 is 2.87 bits per heavy atom. The Labute approximate surface area is 131 Å².